The average molecular weight is 397 g/mol. The van der Waals surface area contributed by atoms with Crippen molar-refractivity contribution >= 4 is 39.7 Å². The van der Waals surface area contributed by atoms with E-state index in [1.165, 1.54) is 19.2 Å². The van der Waals surface area contributed by atoms with Gasteiger partial charge in [0, 0.05) is 24.2 Å². The molecule has 3 aromatic carbocycles. The fourth-order valence-electron chi connectivity index (χ4n) is 2.59. The monoisotopic (exact) mass is 397 g/mol. The summed E-state index contributed by atoms with van der Waals surface area (Å²) in [4.78, 5) is 12.3. The summed E-state index contributed by atoms with van der Waals surface area (Å²) in [5, 5.41) is 15.4. The Hall–Kier alpha value is -3.36. The predicted molar refractivity (Wildman–Crippen MR) is 111 cm³/mol. The Morgan fingerprint density at radius 1 is 1.07 bits per heavy atom. The molecule has 1 amide bonds. The third-order valence-electron chi connectivity index (χ3n) is 3.88. The number of ether oxygens (including phenoxy) is 2. The molecule has 144 valence electrons. The Bertz CT molecular complexity index is 1000. The molecule has 28 heavy (non-hydrogen) atoms. The normalized spacial score (nSPS) is 10.3. The van der Waals surface area contributed by atoms with Crippen molar-refractivity contribution in [2.75, 3.05) is 19.2 Å². The summed E-state index contributed by atoms with van der Waals surface area (Å²) in [5.74, 6) is -0.379. The van der Waals surface area contributed by atoms with Crippen molar-refractivity contribution in [3.63, 3.8) is 0 Å². The smallest absolute Gasteiger partial charge is 0.273 e. The molecule has 7 nitrogen and oxygen atoms in total. The minimum Gasteiger partial charge on any atom is -0.507 e. The summed E-state index contributed by atoms with van der Waals surface area (Å²) in [6, 6.07) is 18.0. The lowest BCUT2D eigenvalue weighted by molar-refractivity contribution is 0.0510. The number of amides is 1. The molecule has 3 rings (SSSR count). The number of methoxy groups -OCH3 is 1. The van der Waals surface area contributed by atoms with Gasteiger partial charge in [-0.2, -0.15) is 0 Å². The number of hydrazine groups is 1. The van der Waals surface area contributed by atoms with E-state index in [1.54, 1.807) is 6.07 Å². The first kappa shape index (κ1) is 19.4. The van der Waals surface area contributed by atoms with E-state index in [0.29, 0.717) is 5.75 Å². The zero-order valence-corrected chi connectivity index (χ0v) is 15.9. The second kappa shape index (κ2) is 9.03. The highest BCUT2D eigenvalue weighted by molar-refractivity contribution is 7.80. The van der Waals surface area contributed by atoms with Crippen LogP contribution in [0, 0.1) is 0 Å². The number of thiocarbonyl (C=S) groups is 1. The van der Waals surface area contributed by atoms with Gasteiger partial charge in [0.05, 0.1) is 5.56 Å². The van der Waals surface area contributed by atoms with Crippen molar-refractivity contribution in [1.29, 1.82) is 0 Å². The number of carbonyl (C=O) groups is 1. The number of rotatable bonds is 5. The molecule has 0 saturated carbocycles. The first-order valence-corrected chi connectivity index (χ1v) is 8.79. The molecule has 0 saturated heterocycles. The number of phenols is 1. The van der Waals surface area contributed by atoms with Gasteiger partial charge in [-0.1, -0.05) is 36.4 Å². The number of anilines is 1. The molecule has 0 aliphatic rings. The van der Waals surface area contributed by atoms with E-state index in [0.717, 1.165) is 16.5 Å². The van der Waals surface area contributed by atoms with E-state index >= 15 is 0 Å². The van der Waals surface area contributed by atoms with Gasteiger partial charge in [0.1, 0.15) is 11.5 Å². The number of benzene rings is 3. The molecule has 0 heterocycles. The molecular formula is C20H19N3O4S. The Labute approximate surface area is 167 Å². The summed E-state index contributed by atoms with van der Waals surface area (Å²) in [7, 11) is 1.49. The molecule has 0 aliphatic carbocycles. The van der Waals surface area contributed by atoms with Crippen LogP contribution in [0.3, 0.4) is 0 Å². The first-order chi connectivity index (χ1) is 13.6. The van der Waals surface area contributed by atoms with Gasteiger partial charge in [-0.3, -0.25) is 15.6 Å². The lowest BCUT2D eigenvalue weighted by atomic mass is 10.1. The Morgan fingerprint density at radius 2 is 1.86 bits per heavy atom. The number of nitrogens with one attached hydrogen (secondary N) is 3. The van der Waals surface area contributed by atoms with Crippen LogP contribution in [0.2, 0.25) is 0 Å². The first-order valence-electron chi connectivity index (χ1n) is 8.38. The minimum atomic E-state index is -0.544. The van der Waals surface area contributed by atoms with Crippen LogP contribution in [0.4, 0.5) is 5.69 Å². The summed E-state index contributed by atoms with van der Waals surface area (Å²) in [6.07, 6.45) is 0. The summed E-state index contributed by atoms with van der Waals surface area (Å²) >= 11 is 5.24. The van der Waals surface area contributed by atoms with Crippen molar-refractivity contribution in [2.45, 2.75) is 0 Å². The van der Waals surface area contributed by atoms with Crippen LogP contribution in [0.5, 0.6) is 11.5 Å². The predicted octanol–water partition coefficient (Wildman–Crippen LogP) is 3.16. The highest BCUT2D eigenvalue weighted by Gasteiger charge is 2.12. The topological polar surface area (TPSA) is 91.9 Å². The van der Waals surface area contributed by atoms with Crippen LogP contribution in [0.15, 0.2) is 60.7 Å². The van der Waals surface area contributed by atoms with E-state index in [2.05, 4.69) is 16.2 Å². The van der Waals surface area contributed by atoms with Crippen molar-refractivity contribution in [1.82, 2.24) is 10.9 Å². The van der Waals surface area contributed by atoms with Crippen LogP contribution in [-0.4, -0.2) is 30.0 Å². The molecule has 8 heteroatoms. The molecule has 3 aromatic rings. The number of fused-ring (bicyclic) bond motifs is 1. The van der Waals surface area contributed by atoms with Crippen molar-refractivity contribution in [2.24, 2.45) is 0 Å². The standard InChI is InChI=1S/C20H19N3O4S/c1-26-12-27-14-9-10-16(18(24)11-14)19(25)22-23-20(28)21-17-8-4-6-13-5-2-3-7-15(13)17/h2-11,24H,12H2,1H3,(H,22,25)(H2,21,23,28). The third kappa shape index (κ3) is 4.67. The number of carbonyl (C=O) groups excluding carboxylic acids is 1. The number of aromatic hydroxyl groups is 1. The second-order valence-corrected chi connectivity index (χ2v) is 6.20. The quantitative estimate of drug-likeness (QED) is 0.299. The fraction of sp³-hybridized carbons (Fsp3) is 0.100. The maximum atomic E-state index is 12.3. The minimum absolute atomic E-state index is 0.0423. The van der Waals surface area contributed by atoms with Gasteiger partial charge >= 0.3 is 0 Å². The van der Waals surface area contributed by atoms with E-state index < -0.39 is 5.91 Å². The lowest BCUT2D eigenvalue weighted by Crippen LogP contribution is -2.43. The van der Waals surface area contributed by atoms with Crippen LogP contribution in [0.25, 0.3) is 10.8 Å². The molecule has 0 fully saturated rings. The van der Waals surface area contributed by atoms with Gasteiger partial charge in [0.2, 0.25) is 0 Å². The Morgan fingerprint density at radius 3 is 2.64 bits per heavy atom. The Balaban J connectivity index is 1.60. The second-order valence-electron chi connectivity index (χ2n) is 5.79. The SMILES string of the molecule is COCOc1ccc(C(=O)NNC(=S)Nc2cccc3ccccc23)c(O)c1. The highest BCUT2D eigenvalue weighted by atomic mass is 32.1. The lowest BCUT2D eigenvalue weighted by Gasteiger charge is -2.14. The van der Waals surface area contributed by atoms with Crippen molar-refractivity contribution < 1.29 is 19.4 Å². The van der Waals surface area contributed by atoms with Gasteiger partial charge in [-0.25, -0.2) is 0 Å². The van der Waals surface area contributed by atoms with Crippen molar-refractivity contribution in [3.05, 3.63) is 66.2 Å². The number of phenolic OH excluding ortho intramolecular Hbond substituents is 1. The van der Waals surface area contributed by atoms with Gasteiger partial charge in [-0.15, -0.1) is 0 Å². The van der Waals surface area contributed by atoms with Crippen LogP contribution in [-0.2, 0) is 4.74 Å². The average Bonchev–Trinajstić information content (AvgIpc) is 2.71. The zero-order valence-electron chi connectivity index (χ0n) is 15.1. The zero-order chi connectivity index (χ0) is 19.9. The van der Waals surface area contributed by atoms with Gasteiger partial charge in [0.25, 0.3) is 5.91 Å². The number of hydrogen-bond acceptors (Lipinski definition) is 5. The molecule has 0 spiro atoms. The molecule has 0 bridgehead atoms. The molecule has 0 aromatic heterocycles. The number of hydrogen-bond donors (Lipinski definition) is 4. The molecule has 0 radical (unpaired) electrons. The van der Waals surface area contributed by atoms with E-state index in [4.69, 9.17) is 21.7 Å². The fourth-order valence-corrected chi connectivity index (χ4v) is 2.75. The largest absolute Gasteiger partial charge is 0.507 e. The summed E-state index contributed by atoms with van der Waals surface area (Å²) in [5.41, 5.74) is 5.97. The van der Waals surface area contributed by atoms with Crippen LogP contribution < -0.4 is 20.9 Å². The van der Waals surface area contributed by atoms with Crippen LogP contribution >= 0.6 is 12.2 Å². The van der Waals surface area contributed by atoms with Crippen molar-refractivity contribution in [3.8, 4) is 11.5 Å². The van der Waals surface area contributed by atoms with E-state index in [1.807, 2.05) is 42.5 Å². The molecule has 0 atom stereocenters. The molecule has 0 unspecified atom stereocenters. The van der Waals surface area contributed by atoms with E-state index in [-0.39, 0.29) is 23.2 Å². The maximum Gasteiger partial charge on any atom is 0.273 e. The Kier molecular flexibility index (Phi) is 6.25. The van der Waals surface area contributed by atoms with Crippen LogP contribution in [0.1, 0.15) is 10.4 Å². The molecular weight excluding hydrogens is 378 g/mol. The molecule has 4 N–H and O–H groups in total. The highest BCUT2D eigenvalue weighted by Crippen LogP contribution is 2.24. The van der Waals surface area contributed by atoms with Gasteiger partial charge in [0.15, 0.2) is 11.9 Å². The van der Waals surface area contributed by atoms with Gasteiger partial charge in [-0.05, 0) is 35.8 Å². The molecule has 0 aliphatic heterocycles. The summed E-state index contributed by atoms with van der Waals surface area (Å²) in [6.45, 7) is 0.0423. The summed E-state index contributed by atoms with van der Waals surface area (Å²) < 4.78 is 10.00. The maximum absolute atomic E-state index is 12.3. The third-order valence-corrected chi connectivity index (χ3v) is 4.09. The van der Waals surface area contributed by atoms with E-state index in [9.17, 15) is 9.90 Å². The van der Waals surface area contributed by atoms with Gasteiger partial charge < -0.3 is 19.9 Å².